The maximum Gasteiger partial charge on any atom is 0.245 e. The van der Waals surface area contributed by atoms with Gasteiger partial charge in [-0.25, -0.2) is 16.8 Å². The van der Waals surface area contributed by atoms with Crippen LogP contribution in [-0.4, -0.2) is 63.2 Å². The van der Waals surface area contributed by atoms with Crippen LogP contribution in [0.5, 0.6) is 0 Å². The van der Waals surface area contributed by atoms with Crippen molar-refractivity contribution in [2.24, 2.45) is 0 Å². The van der Waals surface area contributed by atoms with Gasteiger partial charge in [0.25, 0.3) is 0 Å². The highest BCUT2D eigenvalue weighted by Gasteiger charge is 2.52. The van der Waals surface area contributed by atoms with Crippen LogP contribution >= 0.6 is 0 Å². The molecule has 4 rings (SSSR count). The van der Waals surface area contributed by atoms with Gasteiger partial charge in [-0.1, -0.05) is 29.8 Å². The summed E-state index contributed by atoms with van der Waals surface area (Å²) in [4.78, 5) is 11.7. The molecule has 2 heterocycles. The third-order valence-electron chi connectivity index (χ3n) is 6.03. The average molecular weight is 479 g/mol. The Morgan fingerprint density at radius 1 is 0.906 bits per heavy atom. The highest BCUT2D eigenvalue weighted by atomic mass is 32.2. The van der Waals surface area contributed by atoms with Gasteiger partial charge in [0.05, 0.1) is 22.9 Å². The molecule has 172 valence electrons. The summed E-state index contributed by atoms with van der Waals surface area (Å²) in [5, 5.41) is 0. The third kappa shape index (κ3) is 4.01. The van der Waals surface area contributed by atoms with E-state index in [1.54, 1.807) is 24.3 Å². The molecule has 1 atom stereocenters. The van der Waals surface area contributed by atoms with E-state index >= 15 is 0 Å². The molecule has 2 aliphatic heterocycles. The van der Waals surface area contributed by atoms with Gasteiger partial charge in [0.15, 0.2) is 5.78 Å². The Morgan fingerprint density at radius 3 is 2.12 bits per heavy atom. The predicted molar refractivity (Wildman–Crippen MR) is 118 cm³/mol. The fraction of sp³-hybridized carbons (Fsp3) is 0.409. The van der Waals surface area contributed by atoms with Gasteiger partial charge in [0.2, 0.25) is 20.0 Å². The topological polar surface area (TPSA) is 101 Å². The van der Waals surface area contributed by atoms with Crippen LogP contribution in [0.15, 0.2) is 58.3 Å². The Balaban J connectivity index is 1.64. The number of nitrogens with zero attached hydrogens (tertiary/aromatic N) is 2. The Morgan fingerprint density at radius 2 is 1.50 bits per heavy atom. The summed E-state index contributed by atoms with van der Waals surface area (Å²) in [7, 11) is -7.75. The molecule has 2 aliphatic rings. The molecule has 0 bridgehead atoms. The second-order valence-corrected chi connectivity index (χ2v) is 12.0. The molecule has 32 heavy (non-hydrogen) atoms. The van der Waals surface area contributed by atoms with Crippen molar-refractivity contribution in [3.8, 4) is 0 Å². The Labute approximate surface area is 188 Å². The van der Waals surface area contributed by atoms with Gasteiger partial charge in [0.1, 0.15) is 5.72 Å². The molecule has 0 aromatic heterocycles. The van der Waals surface area contributed by atoms with Crippen molar-refractivity contribution in [2.75, 3.05) is 26.2 Å². The molecule has 1 unspecified atom stereocenters. The first kappa shape index (κ1) is 23.1. The van der Waals surface area contributed by atoms with Crippen molar-refractivity contribution in [1.29, 1.82) is 0 Å². The van der Waals surface area contributed by atoms with Gasteiger partial charge in [-0.2, -0.15) is 8.61 Å². The maximum atomic E-state index is 13.4. The summed E-state index contributed by atoms with van der Waals surface area (Å²) in [6.45, 7) is 3.83. The van der Waals surface area contributed by atoms with Crippen LogP contribution in [0.2, 0.25) is 0 Å². The highest BCUT2D eigenvalue weighted by Crippen LogP contribution is 2.38. The van der Waals surface area contributed by atoms with E-state index in [1.165, 1.54) is 39.8 Å². The first-order valence-corrected chi connectivity index (χ1v) is 13.3. The minimum Gasteiger partial charge on any atom is -0.357 e. The number of rotatable bonds is 5. The van der Waals surface area contributed by atoms with Crippen LogP contribution < -0.4 is 0 Å². The first-order valence-electron chi connectivity index (χ1n) is 10.4. The number of aryl methyl sites for hydroxylation is 1. The summed E-state index contributed by atoms with van der Waals surface area (Å²) >= 11 is 0. The van der Waals surface area contributed by atoms with Gasteiger partial charge in [-0.3, -0.25) is 4.79 Å². The smallest absolute Gasteiger partial charge is 0.245 e. The van der Waals surface area contributed by atoms with E-state index < -0.39 is 25.8 Å². The lowest BCUT2D eigenvalue weighted by atomic mass is 10.0. The van der Waals surface area contributed by atoms with E-state index in [0.29, 0.717) is 18.4 Å². The summed E-state index contributed by atoms with van der Waals surface area (Å²) in [5.41, 5.74) is 0.129. The lowest BCUT2D eigenvalue weighted by molar-refractivity contribution is -0.0818. The van der Waals surface area contributed by atoms with E-state index in [0.717, 1.165) is 5.56 Å². The monoisotopic (exact) mass is 478 g/mol. The Hall–Kier alpha value is -2.11. The number of benzene rings is 2. The van der Waals surface area contributed by atoms with E-state index in [2.05, 4.69) is 0 Å². The van der Waals surface area contributed by atoms with Gasteiger partial charge in [0, 0.05) is 18.7 Å². The first-order chi connectivity index (χ1) is 15.1. The number of sulfonamides is 2. The van der Waals surface area contributed by atoms with Crippen molar-refractivity contribution in [3.63, 3.8) is 0 Å². The number of ether oxygens (including phenoxy) is 1. The number of carbonyl (C=O) groups is 1. The van der Waals surface area contributed by atoms with Gasteiger partial charge >= 0.3 is 0 Å². The van der Waals surface area contributed by atoms with Crippen LogP contribution in [0.4, 0.5) is 0 Å². The van der Waals surface area contributed by atoms with Crippen LogP contribution in [-0.2, 0) is 24.8 Å². The van der Waals surface area contributed by atoms with Gasteiger partial charge in [-0.05, 0) is 51.0 Å². The molecule has 0 radical (unpaired) electrons. The highest BCUT2D eigenvalue weighted by molar-refractivity contribution is 7.89. The minimum absolute atomic E-state index is 0.0606. The van der Waals surface area contributed by atoms with E-state index in [4.69, 9.17) is 4.74 Å². The number of ketones is 1. The molecule has 2 fully saturated rings. The molecule has 1 spiro atoms. The number of piperidine rings is 1. The molecule has 0 aliphatic carbocycles. The molecule has 0 saturated carbocycles. The lowest BCUT2D eigenvalue weighted by Crippen LogP contribution is -2.59. The second kappa shape index (κ2) is 8.35. The summed E-state index contributed by atoms with van der Waals surface area (Å²) < 4.78 is 61.9. The average Bonchev–Trinajstić information content (AvgIpc) is 3.17. The molecule has 10 heteroatoms. The van der Waals surface area contributed by atoms with Crippen molar-refractivity contribution < 1.29 is 26.4 Å². The van der Waals surface area contributed by atoms with E-state index in [-0.39, 0.29) is 41.8 Å². The summed E-state index contributed by atoms with van der Waals surface area (Å²) in [6.07, 6.45) is 0.873. The largest absolute Gasteiger partial charge is 0.357 e. The Kier molecular flexibility index (Phi) is 6.01. The number of hydrogen-bond donors (Lipinski definition) is 0. The van der Waals surface area contributed by atoms with E-state index in [1.807, 2.05) is 6.92 Å². The number of carbonyl (C=O) groups excluding carboxylic acids is 1. The van der Waals surface area contributed by atoms with Gasteiger partial charge < -0.3 is 4.74 Å². The van der Waals surface area contributed by atoms with Crippen LogP contribution in [0.3, 0.4) is 0 Å². The molecule has 8 nitrogen and oxygen atoms in total. The van der Waals surface area contributed by atoms with Crippen LogP contribution in [0.25, 0.3) is 0 Å². The summed E-state index contributed by atoms with van der Waals surface area (Å²) in [6, 6.07) is 12.4. The third-order valence-corrected chi connectivity index (χ3v) is 9.85. The van der Waals surface area contributed by atoms with Gasteiger partial charge in [-0.15, -0.1) is 0 Å². The zero-order chi connectivity index (χ0) is 23.1. The minimum atomic E-state index is -3.89. The van der Waals surface area contributed by atoms with Crippen LogP contribution in [0.1, 0.15) is 35.7 Å². The van der Waals surface area contributed by atoms with E-state index in [9.17, 15) is 21.6 Å². The SMILES string of the molecule is CC(=O)c1ccc(S(=O)(=O)N2CCCC3(C2)OCCN3S(=O)(=O)c2ccc(C)cc2)cc1. The fourth-order valence-corrected chi connectivity index (χ4v) is 7.48. The van der Waals surface area contributed by atoms with Crippen molar-refractivity contribution in [1.82, 2.24) is 8.61 Å². The zero-order valence-electron chi connectivity index (χ0n) is 18.0. The number of hydrogen-bond acceptors (Lipinski definition) is 6. The molecule has 2 aromatic rings. The van der Waals surface area contributed by atoms with Crippen LogP contribution in [0, 0.1) is 6.92 Å². The predicted octanol–water partition coefficient (Wildman–Crippen LogP) is 2.40. The number of Topliss-reactive ketones (excluding diaryl/α,β-unsaturated/α-hetero) is 1. The second-order valence-electron chi connectivity index (χ2n) is 8.21. The molecule has 2 saturated heterocycles. The quantitative estimate of drug-likeness (QED) is 0.612. The normalized spacial score (nSPS) is 22.9. The standard InChI is InChI=1S/C22H26N2O6S2/c1-17-4-8-21(9-5-17)32(28,29)24-14-15-30-22(24)12-3-13-23(16-22)31(26,27)20-10-6-19(7-11-20)18(2)25/h4-11H,3,12-16H2,1-2H3. The van der Waals surface area contributed by atoms with Crippen molar-refractivity contribution >= 4 is 25.8 Å². The molecular weight excluding hydrogens is 452 g/mol. The lowest BCUT2D eigenvalue weighted by Gasteiger charge is -2.43. The zero-order valence-corrected chi connectivity index (χ0v) is 19.7. The molecule has 0 amide bonds. The molecule has 0 N–H and O–H groups in total. The fourth-order valence-electron chi connectivity index (χ4n) is 4.27. The Bertz CT molecular complexity index is 1220. The van der Waals surface area contributed by atoms with Crippen molar-refractivity contribution in [2.45, 2.75) is 42.2 Å². The van der Waals surface area contributed by atoms with Crippen molar-refractivity contribution in [3.05, 3.63) is 59.7 Å². The maximum absolute atomic E-state index is 13.4. The molecule has 2 aromatic carbocycles. The molecular formula is C22H26N2O6S2. The summed E-state index contributed by atoms with van der Waals surface area (Å²) in [5.74, 6) is -0.151.